The van der Waals surface area contributed by atoms with Crippen molar-refractivity contribution >= 4 is 17.7 Å². The highest BCUT2D eigenvalue weighted by Gasteiger charge is 2.13. The number of nitrogens with one attached hydrogen (secondary N) is 1. The van der Waals surface area contributed by atoms with Crippen molar-refractivity contribution in [3.05, 3.63) is 58.8 Å². The Morgan fingerprint density at radius 2 is 2.04 bits per heavy atom. The van der Waals surface area contributed by atoms with Crippen LogP contribution in [-0.4, -0.2) is 16.6 Å². The second-order valence-electron chi connectivity index (χ2n) is 5.36. The molecular formula is C18H19N3OS. The number of thioether (sulfide) groups is 1. The van der Waals surface area contributed by atoms with Crippen LogP contribution in [0, 0.1) is 25.2 Å². The molecule has 0 aliphatic carbocycles. The predicted octanol–water partition coefficient (Wildman–Crippen LogP) is 3.54. The number of aryl methyl sites for hydroxylation is 2. The third kappa shape index (κ3) is 4.57. The minimum Gasteiger partial charge on any atom is -0.349 e. The van der Waals surface area contributed by atoms with E-state index in [-0.39, 0.29) is 17.7 Å². The number of rotatable bonds is 5. The Balaban J connectivity index is 1.99. The number of hydrogen-bond acceptors (Lipinski definition) is 4. The second kappa shape index (κ2) is 7.80. The summed E-state index contributed by atoms with van der Waals surface area (Å²) in [6, 6.07) is 13.8. The minimum atomic E-state index is -0.0730. The van der Waals surface area contributed by atoms with Gasteiger partial charge in [0.05, 0.1) is 17.4 Å². The molecule has 23 heavy (non-hydrogen) atoms. The van der Waals surface area contributed by atoms with Gasteiger partial charge >= 0.3 is 0 Å². The molecule has 0 radical (unpaired) electrons. The molecule has 4 nitrogen and oxygen atoms in total. The van der Waals surface area contributed by atoms with Crippen LogP contribution in [-0.2, 0) is 4.79 Å². The van der Waals surface area contributed by atoms with Crippen molar-refractivity contribution < 1.29 is 4.79 Å². The van der Waals surface area contributed by atoms with Crippen molar-refractivity contribution in [2.75, 3.05) is 5.75 Å². The highest BCUT2D eigenvalue weighted by Crippen LogP contribution is 2.23. The summed E-state index contributed by atoms with van der Waals surface area (Å²) in [5, 5.41) is 12.8. The van der Waals surface area contributed by atoms with Gasteiger partial charge in [-0.05, 0) is 38.0 Å². The largest absolute Gasteiger partial charge is 0.349 e. The van der Waals surface area contributed by atoms with E-state index in [0.717, 1.165) is 16.8 Å². The fourth-order valence-electron chi connectivity index (χ4n) is 2.29. The highest BCUT2D eigenvalue weighted by molar-refractivity contribution is 8.00. The third-order valence-corrected chi connectivity index (χ3v) is 4.42. The molecule has 1 N–H and O–H groups in total. The van der Waals surface area contributed by atoms with Crippen LogP contribution in [0.5, 0.6) is 0 Å². The topological polar surface area (TPSA) is 65.8 Å². The summed E-state index contributed by atoms with van der Waals surface area (Å²) in [5.41, 5.74) is 3.35. The van der Waals surface area contributed by atoms with Crippen LogP contribution in [0.3, 0.4) is 0 Å². The molecule has 0 saturated carbocycles. The standard InChI is InChI=1S/C18H19N3OS/c1-12-9-13(2)20-18(16(12)10-19)23-11-17(22)21-14(3)15-7-5-4-6-8-15/h4-9,14H,11H2,1-3H3,(H,21,22)/t14-/m0/s1. The Morgan fingerprint density at radius 3 is 2.70 bits per heavy atom. The average Bonchev–Trinajstić information content (AvgIpc) is 2.53. The van der Waals surface area contributed by atoms with Crippen molar-refractivity contribution in [3.63, 3.8) is 0 Å². The monoisotopic (exact) mass is 325 g/mol. The number of benzene rings is 1. The molecule has 0 aliphatic rings. The summed E-state index contributed by atoms with van der Waals surface area (Å²) in [6.45, 7) is 5.72. The Morgan fingerprint density at radius 1 is 1.35 bits per heavy atom. The van der Waals surface area contributed by atoms with E-state index in [2.05, 4.69) is 16.4 Å². The number of hydrogen-bond donors (Lipinski definition) is 1. The zero-order chi connectivity index (χ0) is 16.8. The van der Waals surface area contributed by atoms with E-state index >= 15 is 0 Å². The predicted molar refractivity (Wildman–Crippen MR) is 92.1 cm³/mol. The van der Waals surface area contributed by atoms with Crippen LogP contribution in [0.2, 0.25) is 0 Å². The van der Waals surface area contributed by atoms with Crippen LogP contribution in [0.1, 0.15) is 35.3 Å². The second-order valence-corrected chi connectivity index (χ2v) is 6.33. The van der Waals surface area contributed by atoms with Crippen molar-refractivity contribution in [1.82, 2.24) is 10.3 Å². The van der Waals surface area contributed by atoms with Crippen LogP contribution in [0.15, 0.2) is 41.4 Å². The Hall–Kier alpha value is -2.32. The smallest absolute Gasteiger partial charge is 0.230 e. The van der Waals surface area contributed by atoms with Crippen LogP contribution in [0.4, 0.5) is 0 Å². The number of carbonyl (C=O) groups excluding carboxylic acids is 1. The molecule has 0 saturated heterocycles. The molecule has 1 atom stereocenters. The molecule has 2 rings (SSSR count). The maximum atomic E-state index is 12.1. The van der Waals surface area contributed by atoms with Gasteiger partial charge in [0.15, 0.2) is 0 Å². The summed E-state index contributed by atoms with van der Waals surface area (Å²) in [5.74, 6) is 0.165. The molecule has 5 heteroatoms. The first-order valence-corrected chi connectivity index (χ1v) is 8.35. The first kappa shape index (κ1) is 17.0. The molecule has 0 aliphatic heterocycles. The lowest BCUT2D eigenvalue weighted by Crippen LogP contribution is -2.28. The zero-order valence-electron chi connectivity index (χ0n) is 13.5. The third-order valence-electron chi connectivity index (χ3n) is 3.44. The number of aromatic nitrogens is 1. The fourth-order valence-corrected chi connectivity index (χ4v) is 3.20. The zero-order valence-corrected chi connectivity index (χ0v) is 14.3. The molecular weight excluding hydrogens is 306 g/mol. The first-order chi connectivity index (χ1) is 11.0. The van der Waals surface area contributed by atoms with Gasteiger partial charge in [0, 0.05) is 5.69 Å². The SMILES string of the molecule is Cc1cc(C)c(C#N)c(SCC(=O)N[C@@H](C)c2ccccc2)n1. The van der Waals surface area contributed by atoms with E-state index in [1.165, 1.54) is 11.8 Å². The normalized spacial score (nSPS) is 11.6. The lowest BCUT2D eigenvalue weighted by Gasteiger charge is -2.14. The summed E-state index contributed by atoms with van der Waals surface area (Å²) in [4.78, 5) is 16.5. The van der Waals surface area contributed by atoms with Gasteiger partial charge in [-0.1, -0.05) is 42.1 Å². The summed E-state index contributed by atoms with van der Waals surface area (Å²) in [7, 11) is 0. The molecule has 118 valence electrons. The number of nitrogens with zero attached hydrogens (tertiary/aromatic N) is 2. The van der Waals surface area contributed by atoms with Gasteiger partial charge in [0.25, 0.3) is 0 Å². The van der Waals surface area contributed by atoms with Crippen LogP contribution < -0.4 is 5.32 Å². The van der Waals surface area contributed by atoms with Crippen LogP contribution in [0.25, 0.3) is 0 Å². The Kier molecular flexibility index (Phi) is 5.78. The van der Waals surface area contributed by atoms with Crippen molar-refractivity contribution in [2.24, 2.45) is 0 Å². The number of nitriles is 1. The maximum Gasteiger partial charge on any atom is 0.230 e. The van der Waals surface area contributed by atoms with Crippen LogP contribution >= 0.6 is 11.8 Å². The number of carbonyl (C=O) groups is 1. The fraction of sp³-hybridized carbons (Fsp3) is 0.278. The molecule has 1 amide bonds. The number of amides is 1. The van der Waals surface area contributed by atoms with Gasteiger partial charge in [-0.2, -0.15) is 5.26 Å². The minimum absolute atomic E-state index is 0.0491. The molecule has 1 heterocycles. The van der Waals surface area contributed by atoms with Crippen molar-refractivity contribution in [3.8, 4) is 6.07 Å². The van der Waals surface area contributed by atoms with E-state index in [4.69, 9.17) is 0 Å². The summed E-state index contributed by atoms with van der Waals surface area (Å²) >= 11 is 1.30. The average molecular weight is 325 g/mol. The van der Waals surface area contributed by atoms with Gasteiger partial charge in [-0.25, -0.2) is 4.98 Å². The summed E-state index contributed by atoms with van der Waals surface area (Å²) < 4.78 is 0. The van der Waals surface area contributed by atoms with E-state index in [1.807, 2.05) is 57.2 Å². The first-order valence-electron chi connectivity index (χ1n) is 7.36. The van der Waals surface area contributed by atoms with E-state index in [9.17, 15) is 10.1 Å². The molecule has 0 fully saturated rings. The van der Waals surface area contributed by atoms with Gasteiger partial charge in [-0.3, -0.25) is 4.79 Å². The summed E-state index contributed by atoms with van der Waals surface area (Å²) in [6.07, 6.45) is 0. The molecule has 1 aromatic heterocycles. The molecule has 2 aromatic rings. The van der Waals surface area contributed by atoms with Gasteiger partial charge in [0.1, 0.15) is 11.1 Å². The Labute approximate surface area is 140 Å². The number of pyridine rings is 1. The lowest BCUT2D eigenvalue weighted by molar-refractivity contribution is -0.119. The maximum absolute atomic E-state index is 12.1. The Bertz CT molecular complexity index is 738. The van der Waals surface area contributed by atoms with E-state index in [0.29, 0.717) is 10.6 Å². The van der Waals surface area contributed by atoms with E-state index in [1.54, 1.807) is 0 Å². The lowest BCUT2D eigenvalue weighted by atomic mass is 10.1. The van der Waals surface area contributed by atoms with Crippen molar-refractivity contribution in [1.29, 1.82) is 5.26 Å². The molecule has 1 aromatic carbocycles. The van der Waals surface area contributed by atoms with Gasteiger partial charge in [0.2, 0.25) is 5.91 Å². The molecule has 0 spiro atoms. The van der Waals surface area contributed by atoms with Gasteiger partial charge < -0.3 is 5.32 Å². The quantitative estimate of drug-likeness (QED) is 0.854. The van der Waals surface area contributed by atoms with Crippen molar-refractivity contribution in [2.45, 2.75) is 31.8 Å². The van der Waals surface area contributed by atoms with Gasteiger partial charge in [-0.15, -0.1) is 0 Å². The molecule has 0 unspecified atom stereocenters. The van der Waals surface area contributed by atoms with E-state index < -0.39 is 0 Å². The highest BCUT2D eigenvalue weighted by atomic mass is 32.2. The molecule has 0 bridgehead atoms.